The molecule has 2 heterocycles. The predicted molar refractivity (Wildman–Crippen MR) is 109 cm³/mol. The minimum absolute atomic E-state index is 0.0535. The van der Waals surface area contributed by atoms with Crippen LogP contribution in [0.15, 0.2) is 47.9 Å². The summed E-state index contributed by atoms with van der Waals surface area (Å²) >= 11 is 6.95. The van der Waals surface area contributed by atoms with E-state index >= 15 is 0 Å². The van der Waals surface area contributed by atoms with Gasteiger partial charge in [0.05, 0.1) is 11.2 Å². The van der Waals surface area contributed by atoms with Gasteiger partial charge in [-0.25, -0.2) is 4.98 Å². The molecule has 9 heteroatoms. The van der Waals surface area contributed by atoms with E-state index in [0.717, 1.165) is 29.6 Å². The monoisotopic (exact) mass is 418 g/mol. The van der Waals surface area contributed by atoms with Gasteiger partial charge >= 0.3 is 0 Å². The molecule has 1 aliphatic rings. The van der Waals surface area contributed by atoms with Gasteiger partial charge < -0.3 is 9.88 Å². The lowest BCUT2D eigenvalue weighted by Crippen LogP contribution is -2.34. The maximum absolute atomic E-state index is 12.5. The zero-order valence-corrected chi connectivity index (χ0v) is 16.6. The van der Waals surface area contributed by atoms with Crippen LogP contribution in [0.1, 0.15) is 18.4 Å². The van der Waals surface area contributed by atoms with E-state index in [4.69, 9.17) is 11.6 Å². The number of hydrogen-bond donors (Lipinski definition) is 1. The second-order valence-electron chi connectivity index (χ2n) is 6.11. The molecule has 0 aliphatic carbocycles. The molecule has 2 aromatic rings. The number of benzene rings is 1. The Balaban J connectivity index is 1.46. The van der Waals surface area contributed by atoms with Crippen molar-refractivity contribution in [3.8, 4) is 0 Å². The summed E-state index contributed by atoms with van der Waals surface area (Å²) in [6, 6.07) is 7.08. The second kappa shape index (κ2) is 9.57. The van der Waals surface area contributed by atoms with E-state index < -0.39 is 5.91 Å². The van der Waals surface area contributed by atoms with Crippen LogP contribution >= 0.6 is 23.4 Å². The predicted octanol–water partition coefficient (Wildman–Crippen LogP) is 3.17. The lowest BCUT2D eigenvalue weighted by molar-refractivity contribution is -0.124. The SMILES string of the molecule is O=C(CCN1C(=O)S/C(=C/c2ccccc2Cl)C1=O)NCCCn1ccnc1. The fourth-order valence-electron chi connectivity index (χ4n) is 2.64. The normalized spacial score (nSPS) is 15.5. The van der Waals surface area contributed by atoms with Crippen LogP contribution in [-0.2, 0) is 16.1 Å². The van der Waals surface area contributed by atoms with E-state index in [1.807, 2.05) is 10.8 Å². The number of imidazole rings is 1. The van der Waals surface area contributed by atoms with Gasteiger partial charge in [0.2, 0.25) is 5.91 Å². The van der Waals surface area contributed by atoms with Crippen molar-refractivity contribution in [3.05, 3.63) is 58.5 Å². The van der Waals surface area contributed by atoms with Gasteiger partial charge in [0.1, 0.15) is 0 Å². The van der Waals surface area contributed by atoms with E-state index in [9.17, 15) is 14.4 Å². The molecule has 1 N–H and O–H groups in total. The molecule has 28 heavy (non-hydrogen) atoms. The first-order valence-corrected chi connectivity index (χ1v) is 9.96. The minimum atomic E-state index is -0.400. The average Bonchev–Trinajstić information content (AvgIpc) is 3.28. The van der Waals surface area contributed by atoms with Crippen LogP contribution in [-0.4, -0.2) is 44.6 Å². The zero-order chi connectivity index (χ0) is 19.9. The fourth-order valence-corrected chi connectivity index (χ4v) is 3.68. The summed E-state index contributed by atoms with van der Waals surface area (Å²) in [6.45, 7) is 1.33. The number of halogens is 1. The van der Waals surface area contributed by atoms with E-state index in [-0.39, 0.29) is 24.1 Å². The van der Waals surface area contributed by atoms with Crippen molar-refractivity contribution in [1.29, 1.82) is 0 Å². The van der Waals surface area contributed by atoms with Crippen LogP contribution in [0.5, 0.6) is 0 Å². The highest BCUT2D eigenvalue weighted by Crippen LogP contribution is 2.33. The summed E-state index contributed by atoms with van der Waals surface area (Å²) in [7, 11) is 0. The zero-order valence-electron chi connectivity index (χ0n) is 15.0. The van der Waals surface area contributed by atoms with Crippen LogP contribution in [0.25, 0.3) is 6.08 Å². The van der Waals surface area contributed by atoms with Crippen molar-refractivity contribution in [2.45, 2.75) is 19.4 Å². The summed E-state index contributed by atoms with van der Waals surface area (Å²) in [5.74, 6) is -0.595. The molecule has 0 bridgehead atoms. The van der Waals surface area contributed by atoms with Crippen molar-refractivity contribution < 1.29 is 14.4 Å². The summed E-state index contributed by atoms with van der Waals surface area (Å²) in [4.78, 5) is 41.9. The quantitative estimate of drug-likeness (QED) is 0.525. The molecule has 0 atom stereocenters. The maximum Gasteiger partial charge on any atom is 0.293 e. The topological polar surface area (TPSA) is 84.3 Å². The van der Waals surface area contributed by atoms with Gasteiger partial charge in [-0.05, 0) is 35.9 Å². The van der Waals surface area contributed by atoms with Crippen LogP contribution in [0.2, 0.25) is 5.02 Å². The molecule has 0 radical (unpaired) electrons. The van der Waals surface area contributed by atoms with Crippen molar-refractivity contribution >= 4 is 46.5 Å². The molecule has 1 saturated heterocycles. The molecule has 1 aromatic heterocycles. The second-order valence-corrected chi connectivity index (χ2v) is 7.51. The number of nitrogens with zero attached hydrogens (tertiary/aromatic N) is 3. The van der Waals surface area contributed by atoms with E-state index in [1.54, 1.807) is 42.9 Å². The smallest absolute Gasteiger partial charge is 0.293 e. The number of carbonyl (C=O) groups is 3. The first-order valence-electron chi connectivity index (χ1n) is 8.77. The van der Waals surface area contributed by atoms with Crippen LogP contribution in [0, 0.1) is 0 Å². The highest BCUT2D eigenvalue weighted by atomic mass is 35.5. The van der Waals surface area contributed by atoms with Crippen LogP contribution in [0.3, 0.4) is 0 Å². The fraction of sp³-hybridized carbons (Fsp3) is 0.263. The molecular formula is C19H19ClN4O3S. The third-order valence-corrected chi connectivity index (χ3v) is 5.35. The number of hydrogen-bond acceptors (Lipinski definition) is 5. The van der Waals surface area contributed by atoms with Gasteiger partial charge in [0.25, 0.3) is 11.1 Å². The van der Waals surface area contributed by atoms with Crippen LogP contribution in [0.4, 0.5) is 4.79 Å². The molecule has 0 unspecified atom stereocenters. The molecule has 1 aromatic carbocycles. The van der Waals surface area contributed by atoms with Crippen molar-refractivity contribution in [2.75, 3.05) is 13.1 Å². The van der Waals surface area contributed by atoms with Crippen molar-refractivity contribution in [2.24, 2.45) is 0 Å². The highest BCUT2D eigenvalue weighted by Gasteiger charge is 2.35. The van der Waals surface area contributed by atoms with Gasteiger partial charge in [-0.3, -0.25) is 19.3 Å². The Morgan fingerprint density at radius 3 is 2.82 bits per heavy atom. The number of amides is 3. The molecule has 1 aliphatic heterocycles. The van der Waals surface area contributed by atoms with Crippen molar-refractivity contribution in [1.82, 2.24) is 19.8 Å². The van der Waals surface area contributed by atoms with Gasteiger partial charge in [0, 0.05) is 43.5 Å². The summed E-state index contributed by atoms with van der Waals surface area (Å²) in [5.41, 5.74) is 0.672. The molecule has 3 amide bonds. The van der Waals surface area contributed by atoms with E-state index in [0.29, 0.717) is 22.0 Å². The number of nitrogens with one attached hydrogen (secondary N) is 1. The molecule has 0 spiro atoms. The third-order valence-electron chi connectivity index (χ3n) is 4.10. The number of aryl methyl sites for hydroxylation is 1. The largest absolute Gasteiger partial charge is 0.356 e. The van der Waals surface area contributed by atoms with E-state index in [2.05, 4.69) is 10.3 Å². The van der Waals surface area contributed by atoms with E-state index in [1.165, 1.54) is 0 Å². The molecule has 0 saturated carbocycles. The first-order chi connectivity index (χ1) is 13.5. The number of thioether (sulfide) groups is 1. The molecule has 7 nitrogen and oxygen atoms in total. The lowest BCUT2D eigenvalue weighted by atomic mass is 10.2. The van der Waals surface area contributed by atoms with Crippen molar-refractivity contribution in [3.63, 3.8) is 0 Å². The summed E-state index contributed by atoms with van der Waals surface area (Å²) in [5, 5.41) is 2.92. The molecule has 1 fully saturated rings. The Hall–Kier alpha value is -2.58. The Labute approximate surface area is 171 Å². The Kier molecular flexibility index (Phi) is 6.89. The van der Waals surface area contributed by atoms with Gasteiger partial charge in [-0.2, -0.15) is 0 Å². The summed E-state index contributed by atoms with van der Waals surface area (Å²) < 4.78 is 1.93. The number of rotatable bonds is 8. The van der Waals surface area contributed by atoms with Gasteiger partial charge in [-0.1, -0.05) is 29.8 Å². The summed E-state index contributed by atoms with van der Waals surface area (Å²) in [6.07, 6.45) is 7.72. The number of imide groups is 1. The third kappa shape index (κ3) is 5.24. The molecule has 146 valence electrons. The standard InChI is InChI=1S/C19H19ClN4O3S/c20-15-5-2-1-4-14(15)12-16-18(26)24(19(27)28-16)10-6-17(25)22-7-3-9-23-11-8-21-13-23/h1-2,4-5,8,11-13H,3,6-7,9-10H2,(H,22,25)/b16-12+. The van der Waals surface area contributed by atoms with Crippen LogP contribution < -0.4 is 5.32 Å². The minimum Gasteiger partial charge on any atom is -0.356 e. The number of aromatic nitrogens is 2. The Morgan fingerprint density at radius 2 is 2.07 bits per heavy atom. The average molecular weight is 419 g/mol. The Bertz CT molecular complexity index is 898. The first kappa shape index (κ1) is 20.2. The molecular weight excluding hydrogens is 400 g/mol. The molecule has 3 rings (SSSR count). The lowest BCUT2D eigenvalue weighted by Gasteiger charge is -2.12. The van der Waals surface area contributed by atoms with Gasteiger partial charge in [0.15, 0.2) is 0 Å². The van der Waals surface area contributed by atoms with Gasteiger partial charge in [-0.15, -0.1) is 0 Å². The Morgan fingerprint density at radius 1 is 1.25 bits per heavy atom. The maximum atomic E-state index is 12.5. The number of carbonyl (C=O) groups excluding carboxylic acids is 3. The highest BCUT2D eigenvalue weighted by molar-refractivity contribution is 8.18.